The lowest BCUT2D eigenvalue weighted by Crippen LogP contribution is -2.52. The quantitative estimate of drug-likeness (QED) is 0.150. The molecular formula is C44H50N10O6. The molecule has 3 aromatic heterocycles. The van der Waals surface area contributed by atoms with Gasteiger partial charge in [0.15, 0.2) is 11.3 Å². The molecule has 16 nitrogen and oxygen atoms in total. The van der Waals surface area contributed by atoms with E-state index in [1.165, 1.54) is 14.2 Å². The first-order chi connectivity index (χ1) is 28.9. The highest BCUT2D eigenvalue weighted by Gasteiger charge is 2.39. The summed E-state index contributed by atoms with van der Waals surface area (Å²) < 4.78 is 9.55. The molecule has 0 bridgehead atoms. The van der Waals surface area contributed by atoms with E-state index in [0.29, 0.717) is 42.3 Å². The van der Waals surface area contributed by atoms with Crippen LogP contribution in [0.15, 0.2) is 54.4 Å². The number of ether oxygens (including phenoxy) is 2. The van der Waals surface area contributed by atoms with Crippen LogP contribution in [0.4, 0.5) is 9.59 Å². The first-order valence-corrected chi connectivity index (χ1v) is 20.6. The number of nitrogens with zero attached hydrogens (tertiary/aromatic N) is 7. The summed E-state index contributed by atoms with van der Waals surface area (Å²) in [6, 6.07) is 10.6. The smallest absolute Gasteiger partial charge is 0.407 e. The lowest BCUT2D eigenvalue weighted by atomic mass is 9.99. The van der Waals surface area contributed by atoms with Gasteiger partial charge in [-0.3, -0.25) is 14.6 Å². The first-order valence-electron chi connectivity index (χ1n) is 20.6. The third-order valence-corrected chi connectivity index (χ3v) is 11.8. The Morgan fingerprint density at radius 1 is 0.733 bits per heavy atom. The topological polar surface area (TPSA) is 198 Å². The van der Waals surface area contributed by atoms with Crippen LogP contribution in [0.5, 0.6) is 0 Å². The van der Waals surface area contributed by atoms with Gasteiger partial charge in [0.2, 0.25) is 11.8 Å². The van der Waals surface area contributed by atoms with Crippen molar-refractivity contribution in [2.75, 3.05) is 27.3 Å². The monoisotopic (exact) mass is 814 g/mol. The van der Waals surface area contributed by atoms with Crippen LogP contribution < -0.4 is 10.6 Å². The predicted molar refractivity (Wildman–Crippen MR) is 224 cm³/mol. The van der Waals surface area contributed by atoms with Crippen LogP contribution in [0.1, 0.15) is 76.6 Å². The number of rotatable bonds is 10. The maximum atomic E-state index is 13.7. The molecule has 2 aliphatic heterocycles. The van der Waals surface area contributed by atoms with Crippen molar-refractivity contribution in [2.45, 2.75) is 84.0 Å². The number of aromatic nitrogens is 6. The standard InChI is InChI=1S/C44H50N10O6/c1-23(2)36(49-43(57)59-5)41(55)53-15-7-9-34(53)29-19-30-31(20-29)47-32(21-45-30)27-13-11-26-18-28(14-12-25(26)17-27)33-22-46-39-40(48-33)52-38(51-39)35-10-8-16-54(35)42(56)37(24(3)4)50-44(58)60-6/h11-14,17-19,21-24,34-37H,7-10,15-16,20H2,1-6H3,(H,49,57)(H,50,58)(H,46,48,51,52)/t34-,35-,36-,37-/m0/s1. The second kappa shape index (κ2) is 16.7. The van der Waals surface area contributed by atoms with Gasteiger partial charge in [-0.05, 0) is 72.1 Å². The molecular weight excluding hydrogens is 765 g/mol. The third kappa shape index (κ3) is 7.85. The van der Waals surface area contributed by atoms with Crippen LogP contribution in [0.3, 0.4) is 0 Å². The van der Waals surface area contributed by atoms with Gasteiger partial charge in [0.05, 0.1) is 61.5 Å². The fraction of sp³-hybridized carbons (Fsp3) is 0.432. The molecule has 3 N–H and O–H groups in total. The van der Waals surface area contributed by atoms with Gasteiger partial charge in [-0.15, -0.1) is 0 Å². The van der Waals surface area contributed by atoms with E-state index in [1.54, 1.807) is 17.3 Å². The number of imidazole rings is 1. The Balaban J connectivity index is 0.965. The normalized spacial score (nSPS) is 18.5. The Kier molecular flexibility index (Phi) is 11.2. The van der Waals surface area contributed by atoms with E-state index in [-0.39, 0.29) is 35.7 Å². The van der Waals surface area contributed by atoms with Crippen LogP contribution in [-0.4, -0.2) is 109 Å². The molecule has 4 amide bonds. The number of carbonyl (C=O) groups is 4. The van der Waals surface area contributed by atoms with E-state index in [9.17, 15) is 19.2 Å². The van der Waals surface area contributed by atoms with Gasteiger partial charge in [-0.2, -0.15) is 0 Å². The zero-order valence-corrected chi connectivity index (χ0v) is 34.7. The van der Waals surface area contributed by atoms with Crippen molar-refractivity contribution < 1.29 is 28.7 Å². The van der Waals surface area contributed by atoms with Gasteiger partial charge in [0.25, 0.3) is 0 Å². The van der Waals surface area contributed by atoms with Crippen molar-refractivity contribution in [1.82, 2.24) is 50.3 Å². The second-order valence-electron chi connectivity index (χ2n) is 16.4. The molecule has 0 unspecified atom stereocenters. The van der Waals surface area contributed by atoms with E-state index >= 15 is 0 Å². The summed E-state index contributed by atoms with van der Waals surface area (Å²) in [5.41, 5.74) is 7.07. The van der Waals surface area contributed by atoms with Gasteiger partial charge in [-0.25, -0.2) is 29.5 Å². The minimum absolute atomic E-state index is 0.0811. The summed E-state index contributed by atoms with van der Waals surface area (Å²) in [5, 5.41) is 7.46. The van der Waals surface area contributed by atoms with Gasteiger partial charge in [-0.1, -0.05) is 52.0 Å². The molecule has 0 spiro atoms. The Morgan fingerprint density at radius 2 is 1.28 bits per heavy atom. The van der Waals surface area contributed by atoms with Gasteiger partial charge in [0.1, 0.15) is 17.9 Å². The average molecular weight is 815 g/mol. The molecule has 2 saturated heterocycles. The summed E-state index contributed by atoms with van der Waals surface area (Å²) in [6.45, 7) is 8.78. The van der Waals surface area contributed by atoms with Crippen LogP contribution in [0, 0.1) is 11.8 Å². The van der Waals surface area contributed by atoms with Crippen LogP contribution >= 0.6 is 0 Å². The maximum Gasteiger partial charge on any atom is 0.407 e. The largest absolute Gasteiger partial charge is 0.453 e. The number of likely N-dealkylation sites (tertiary alicyclic amines) is 2. The number of hydrogen-bond acceptors (Lipinski definition) is 11. The molecule has 5 aromatic rings. The average Bonchev–Trinajstić information content (AvgIpc) is 4.08. The van der Waals surface area contributed by atoms with E-state index in [2.05, 4.69) is 50.9 Å². The van der Waals surface area contributed by atoms with Crippen LogP contribution in [0.2, 0.25) is 0 Å². The molecule has 312 valence electrons. The minimum Gasteiger partial charge on any atom is -0.453 e. The summed E-state index contributed by atoms with van der Waals surface area (Å²) in [5.74, 6) is 0.0983. The van der Waals surface area contributed by atoms with Crippen molar-refractivity contribution in [1.29, 1.82) is 0 Å². The highest BCUT2D eigenvalue weighted by molar-refractivity contribution is 5.91. The molecule has 0 radical (unpaired) electrons. The van der Waals surface area contributed by atoms with Gasteiger partial charge in [0, 0.05) is 30.6 Å². The molecule has 0 saturated carbocycles. The van der Waals surface area contributed by atoms with Gasteiger partial charge >= 0.3 is 12.2 Å². The number of methoxy groups -OCH3 is 2. The fourth-order valence-corrected chi connectivity index (χ4v) is 8.62. The molecule has 2 fully saturated rings. The number of carbonyl (C=O) groups excluding carboxylic acids is 4. The highest BCUT2D eigenvalue weighted by atomic mass is 16.5. The zero-order valence-electron chi connectivity index (χ0n) is 34.7. The molecule has 60 heavy (non-hydrogen) atoms. The Labute approximate surface area is 347 Å². The molecule has 8 rings (SSSR count). The maximum absolute atomic E-state index is 13.7. The molecule has 2 aromatic carbocycles. The van der Waals surface area contributed by atoms with E-state index < -0.39 is 24.3 Å². The molecule has 16 heteroatoms. The number of hydrogen-bond donors (Lipinski definition) is 3. The number of amides is 4. The second-order valence-corrected chi connectivity index (χ2v) is 16.4. The lowest BCUT2D eigenvalue weighted by Gasteiger charge is -2.31. The number of benzene rings is 2. The van der Waals surface area contributed by atoms with E-state index in [0.717, 1.165) is 70.2 Å². The van der Waals surface area contributed by atoms with Crippen LogP contribution in [-0.2, 0) is 25.5 Å². The van der Waals surface area contributed by atoms with Crippen molar-refractivity contribution in [3.8, 4) is 22.5 Å². The third-order valence-electron chi connectivity index (χ3n) is 11.8. The van der Waals surface area contributed by atoms with Crippen molar-refractivity contribution in [2.24, 2.45) is 11.8 Å². The van der Waals surface area contributed by atoms with Crippen LogP contribution in [0.25, 0.3) is 50.7 Å². The fourth-order valence-electron chi connectivity index (χ4n) is 8.62. The summed E-state index contributed by atoms with van der Waals surface area (Å²) in [6.07, 6.45) is 8.16. The number of alkyl carbamates (subject to hydrolysis) is 2. The lowest BCUT2D eigenvalue weighted by molar-refractivity contribution is -0.136. The molecule has 1 aliphatic carbocycles. The Morgan fingerprint density at radius 3 is 1.87 bits per heavy atom. The zero-order chi connectivity index (χ0) is 42.2. The predicted octanol–water partition coefficient (Wildman–Crippen LogP) is 5.99. The number of fused-ring (bicyclic) bond motifs is 3. The number of aromatic amines is 1. The summed E-state index contributed by atoms with van der Waals surface area (Å²) >= 11 is 0. The summed E-state index contributed by atoms with van der Waals surface area (Å²) in [7, 11) is 2.58. The number of nitrogens with one attached hydrogen (secondary N) is 3. The molecule has 4 atom stereocenters. The minimum atomic E-state index is -0.724. The number of H-pyrrole nitrogens is 1. The molecule has 3 aliphatic rings. The first kappa shape index (κ1) is 40.3. The molecule has 5 heterocycles. The van der Waals surface area contributed by atoms with Crippen molar-refractivity contribution in [3.63, 3.8) is 0 Å². The Hall–Kier alpha value is -6.45. The van der Waals surface area contributed by atoms with Gasteiger partial charge < -0.3 is 34.9 Å². The van der Waals surface area contributed by atoms with Crippen molar-refractivity contribution in [3.05, 3.63) is 71.6 Å². The van der Waals surface area contributed by atoms with E-state index in [1.807, 2.05) is 44.7 Å². The SMILES string of the molecule is COC(=O)N[C@H](C(=O)N1CCC[C@H]1C1=Cc2ncc(-c3ccc4cc(-c5cnc6nc([C@@H]7CCCN7C(=O)[C@@H](NC(=O)OC)C(C)C)[nH]c6n5)ccc4c3)nc2C1)C(C)C. The Bertz CT molecular complexity index is 2520. The highest BCUT2D eigenvalue weighted by Crippen LogP contribution is 2.36. The van der Waals surface area contributed by atoms with Crippen molar-refractivity contribution >= 4 is 52.1 Å². The summed E-state index contributed by atoms with van der Waals surface area (Å²) in [4.78, 5) is 82.4. The van der Waals surface area contributed by atoms with E-state index in [4.69, 9.17) is 29.4 Å².